The number of benzene rings is 1. The van der Waals surface area contributed by atoms with E-state index < -0.39 is 17.5 Å². The second-order valence-corrected chi connectivity index (χ2v) is 17.0. The lowest BCUT2D eigenvalue weighted by molar-refractivity contribution is -0.212. The van der Waals surface area contributed by atoms with E-state index in [0.717, 1.165) is 50.5 Å². The standard InChI is InChI=1S/C39H54O6/c1-23-33-26(27(34(42)43)22-39(23,7)44)16-20-37(5)28(33)13-14-30-36(4)19-18-31(35(2,3)29(36)17-21-38(30,37)6)45-32(41)15-10-24-8-11-25(40)12-9-24/h8-13,15,23,26-27,29-31,33,40,44H,14,16-22H2,1-7H3,(H,42,43)/t23-,26-,27-,29-,30-,31+,33-,36+,37-,38-,39+/m1/s1. The van der Waals surface area contributed by atoms with Gasteiger partial charge in [0.2, 0.25) is 0 Å². The number of carbonyl (C=O) groups is 2. The summed E-state index contributed by atoms with van der Waals surface area (Å²) >= 11 is 0. The van der Waals surface area contributed by atoms with Crippen molar-refractivity contribution in [3.05, 3.63) is 47.6 Å². The van der Waals surface area contributed by atoms with Crippen molar-refractivity contribution in [1.82, 2.24) is 0 Å². The Morgan fingerprint density at radius 1 is 0.933 bits per heavy atom. The molecule has 4 saturated carbocycles. The third-order valence-electron chi connectivity index (χ3n) is 14.8. The highest BCUT2D eigenvalue weighted by Crippen LogP contribution is 2.75. The number of aliphatic hydroxyl groups is 1. The summed E-state index contributed by atoms with van der Waals surface area (Å²) in [6, 6.07) is 6.75. The zero-order valence-corrected chi connectivity index (χ0v) is 28.3. The van der Waals surface area contributed by atoms with Gasteiger partial charge < -0.3 is 20.1 Å². The molecule has 0 saturated heterocycles. The monoisotopic (exact) mass is 618 g/mol. The van der Waals surface area contributed by atoms with Gasteiger partial charge in [-0.15, -0.1) is 0 Å². The number of phenolic OH excluding ortho intramolecular Hbond substituents is 1. The second kappa shape index (κ2) is 10.7. The molecule has 0 spiro atoms. The summed E-state index contributed by atoms with van der Waals surface area (Å²) in [6.07, 6.45) is 12.8. The number of aromatic hydroxyl groups is 1. The normalized spacial score (nSPS) is 45.3. The number of hydrogen-bond acceptors (Lipinski definition) is 5. The Balaban J connectivity index is 1.26. The number of aliphatic carboxylic acids is 1. The first-order valence-corrected chi connectivity index (χ1v) is 17.3. The maximum absolute atomic E-state index is 13.0. The molecular formula is C39H54O6. The van der Waals surface area contributed by atoms with Crippen LogP contribution < -0.4 is 0 Å². The van der Waals surface area contributed by atoms with Crippen molar-refractivity contribution >= 4 is 18.0 Å². The molecule has 6 rings (SSSR count). The fourth-order valence-electron chi connectivity index (χ4n) is 12.0. The topological polar surface area (TPSA) is 104 Å². The van der Waals surface area contributed by atoms with Crippen LogP contribution >= 0.6 is 0 Å². The van der Waals surface area contributed by atoms with Gasteiger partial charge in [-0.05, 0) is 128 Å². The number of ether oxygens (including phenoxy) is 1. The lowest BCUT2D eigenvalue weighted by atomic mass is 9.34. The van der Waals surface area contributed by atoms with Crippen LogP contribution in [-0.4, -0.2) is 39.0 Å². The predicted octanol–water partition coefficient (Wildman–Crippen LogP) is 8.03. The molecule has 5 aliphatic rings. The minimum Gasteiger partial charge on any atom is -0.508 e. The first kappa shape index (κ1) is 32.3. The minimum atomic E-state index is -0.996. The van der Waals surface area contributed by atoms with Crippen LogP contribution in [0.4, 0.5) is 0 Å². The zero-order chi connectivity index (χ0) is 32.7. The SMILES string of the molecule is C[C@@H]1[C@H]2C3=CC[C@@H]4[C@@]5(C)CC[C@H](OC(=O)C=Cc6ccc(O)cc6)C(C)(C)[C@H]5CC[C@@]4(C)[C@]3(C)CC[C@@H]2[C@H](C(=O)O)C[C@]1(C)O. The molecule has 3 N–H and O–H groups in total. The average Bonchev–Trinajstić information content (AvgIpc) is 2.96. The van der Waals surface area contributed by atoms with Gasteiger partial charge in [0.15, 0.2) is 0 Å². The first-order valence-electron chi connectivity index (χ1n) is 17.3. The predicted molar refractivity (Wildman–Crippen MR) is 175 cm³/mol. The number of esters is 1. The van der Waals surface area contributed by atoms with Gasteiger partial charge in [0.1, 0.15) is 11.9 Å². The van der Waals surface area contributed by atoms with Crippen LogP contribution in [0, 0.1) is 57.2 Å². The summed E-state index contributed by atoms with van der Waals surface area (Å²) in [4.78, 5) is 25.4. The molecule has 45 heavy (non-hydrogen) atoms. The Labute approximate surface area is 269 Å². The molecule has 0 aromatic heterocycles. The van der Waals surface area contributed by atoms with Crippen LogP contribution in [0.25, 0.3) is 6.08 Å². The Bertz CT molecular complexity index is 1400. The molecule has 0 radical (unpaired) electrons. The summed E-state index contributed by atoms with van der Waals surface area (Å²) in [5.41, 5.74) is 1.22. The van der Waals surface area contributed by atoms with Crippen molar-refractivity contribution in [2.75, 3.05) is 0 Å². The average molecular weight is 619 g/mol. The molecule has 5 aliphatic carbocycles. The lowest BCUT2D eigenvalue weighted by Gasteiger charge is -2.71. The molecule has 0 bridgehead atoms. The highest BCUT2D eigenvalue weighted by molar-refractivity contribution is 5.87. The summed E-state index contributed by atoms with van der Waals surface area (Å²) in [7, 11) is 0. The van der Waals surface area contributed by atoms with Gasteiger partial charge in [-0.3, -0.25) is 4.79 Å². The van der Waals surface area contributed by atoms with E-state index in [1.165, 1.54) is 11.6 Å². The Hall–Kier alpha value is -2.60. The molecule has 1 aromatic rings. The largest absolute Gasteiger partial charge is 0.508 e. The number of carboxylic acid groups (broad SMARTS) is 1. The lowest BCUT2D eigenvalue weighted by Crippen LogP contribution is -2.65. The molecule has 0 unspecified atom stereocenters. The van der Waals surface area contributed by atoms with Gasteiger partial charge in [-0.1, -0.05) is 65.3 Å². The molecule has 1 aromatic carbocycles. The van der Waals surface area contributed by atoms with Crippen LogP contribution in [0.5, 0.6) is 5.75 Å². The van der Waals surface area contributed by atoms with Crippen LogP contribution in [0.1, 0.15) is 105 Å². The Morgan fingerprint density at radius 2 is 1.62 bits per heavy atom. The van der Waals surface area contributed by atoms with Gasteiger partial charge in [0.25, 0.3) is 0 Å². The van der Waals surface area contributed by atoms with Crippen LogP contribution in [0.3, 0.4) is 0 Å². The van der Waals surface area contributed by atoms with E-state index in [1.54, 1.807) is 30.3 Å². The molecule has 6 nitrogen and oxygen atoms in total. The third-order valence-corrected chi connectivity index (χ3v) is 14.8. The molecule has 6 heteroatoms. The molecule has 0 amide bonds. The molecule has 0 aliphatic heterocycles. The van der Waals surface area contributed by atoms with Gasteiger partial charge >= 0.3 is 11.9 Å². The molecule has 246 valence electrons. The van der Waals surface area contributed by atoms with Crippen molar-refractivity contribution < 1.29 is 29.6 Å². The fourth-order valence-corrected chi connectivity index (χ4v) is 12.0. The maximum atomic E-state index is 13.0. The van der Waals surface area contributed by atoms with Crippen LogP contribution in [-0.2, 0) is 14.3 Å². The van der Waals surface area contributed by atoms with E-state index in [0.29, 0.717) is 18.3 Å². The van der Waals surface area contributed by atoms with Crippen molar-refractivity contribution in [2.24, 2.45) is 57.2 Å². The highest BCUT2D eigenvalue weighted by atomic mass is 16.5. The van der Waals surface area contributed by atoms with E-state index in [-0.39, 0.29) is 57.2 Å². The van der Waals surface area contributed by atoms with E-state index >= 15 is 0 Å². The van der Waals surface area contributed by atoms with Gasteiger partial charge in [-0.2, -0.15) is 0 Å². The van der Waals surface area contributed by atoms with Crippen LogP contribution in [0.15, 0.2) is 42.0 Å². The quantitative estimate of drug-likeness (QED) is 0.179. The maximum Gasteiger partial charge on any atom is 0.331 e. The number of carbonyl (C=O) groups excluding carboxylic acids is 1. The van der Waals surface area contributed by atoms with Crippen molar-refractivity contribution in [1.29, 1.82) is 0 Å². The smallest absolute Gasteiger partial charge is 0.331 e. The molecular weight excluding hydrogens is 564 g/mol. The Kier molecular flexibility index (Phi) is 7.70. The fraction of sp³-hybridized carbons (Fsp3) is 0.692. The van der Waals surface area contributed by atoms with Crippen molar-refractivity contribution in [3.63, 3.8) is 0 Å². The number of phenols is 1. The first-order chi connectivity index (χ1) is 21.0. The number of carboxylic acids is 1. The summed E-state index contributed by atoms with van der Waals surface area (Å²) in [5.74, 6) is -0.301. The van der Waals surface area contributed by atoms with Gasteiger partial charge in [0, 0.05) is 11.5 Å². The Morgan fingerprint density at radius 3 is 2.29 bits per heavy atom. The van der Waals surface area contributed by atoms with Crippen molar-refractivity contribution in [3.8, 4) is 5.75 Å². The van der Waals surface area contributed by atoms with E-state index in [2.05, 4.69) is 47.6 Å². The van der Waals surface area contributed by atoms with Gasteiger partial charge in [0.05, 0.1) is 11.5 Å². The number of allylic oxidation sites excluding steroid dienone is 2. The molecule has 4 fully saturated rings. The summed E-state index contributed by atoms with van der Waals surface area (Å²) in [6.45, 7) is 16.1. The third kappa shape index (κ3) is 4.83. The van der Waals surface area contributed by atoms with E-state index in [4.69, 9.17) is 4.74 Å². The second-order valence-electron chi connectivity index (χ2n) is 17.0. The number of fused-ring (bicyclic) bond motifs is 7. The highest BCUT2D eigenvalue weighted by Gasteiger charge is 2.68. The van der Waals surface area contributed by atoms with Crippen molar-refractivity contribution in [2.45, 2.75) is 112 Å². The van der Waals surface area contributed by atoms with Gasteiger partial charge in [-0.25, -0.2) is 4.79 Å². The number of rotatable bonds is 4. The van der Waals surface area contributed by atoms with E-state index in [1.807, 2.05) is 6.92 Å². The van der Waals surface area contributed by atoms with E-state index in [9.17, 15) is 24.9 Å². The molecule has 0 heterocycles. The summed E-state index contributed by atoms with van der Waals surface area (Å²) in [5, 5.41) is 31.2. The van der Waals surface area contributed by atoms with Crippen LogP contribution in [0.2, 0.25) is 0 Å². The summed E-state index contributed by atoms with van der Waals surface area (Å²) < 4.78 is 6.17. The number of hydrogen-bond donors (Lipinski definition) is 3. The zero-order valence-electron chi connectivity index (χ0n) is 28.3. The minimum absolute atomic E-state index is 0.0169. The molecule has 11 atom stereocenters.